The lowest BCUT2D eigenvalue weighted by Crippen LogP contribution is -2.12. The van der Waals surface area contributed by atoms with Crippen LogP contribution < -0.4 is 5.32 Å². The van der Waals surface area contributed by atoms with E-state index in [-0.39, 0.29) is 10.8 Å². The van der Waals surface area contributed by atoms with Crippen LogP contribution in [-0.2, 0) is 9.84 Å². The molecule has 0 saturated carbocycles. The van der Waals surface area contributed by atoms with Gasteiger partial charge >= 0.3 is 0 Å². The van der Waals surface area contributed by atoms with E-state index >= 15 is 0 Å². The largest absolute Gasteiger partial charge is 0.322 e. The fraction of sp³-hybridized carbons (Fsp3) is 0.0714. The summed E-state index contributed by atoms with van der Waals surface area (Å²) >= 11 is 3.32. The van der Waals surface area contributed by atoms with Gasteiger partial charge in [-0.2, -0.15) is 0 Å². The molecule has 0 saturated heterocycles. The number of halogens is 1. The van der Waals surface area contributed by atoms with Gasteiger partial charge in [-0.25, -0.2) is 8.42 Å². The van der Waals surface area contributed by atoms with E-state index in [1.165, 1.54) is 24.3 Å². The Hall–Kier alpha value is -1.66. The predicted molar refractivity (Wildman–Crippen MR) is 81.6 cm³/mol. The van der Waals surface area contributed by atoms with Crippen molar-refractivity contribution in [2.45, 2.75) is 4.90 Å². The minimum Gasteiger partial charge on any atom is -0.322 e. The molecule has 2 aromatic rings. The van der Waals surface area contributed by atoms with Gasteiger partial charge in [0.2, 0.25) is 0 Å². The molecule has 0 aromatic heterocycles. The first kappa shape index (κ1) is 14.7. The van der Waals surface area contributed by atoms with Crippen molar-refractivity contribution in [3.63, 3.8) is 0 Å². The van der Waals surface area contributed by atoms with Gasteiger partial charge in [0.15, 0.2) is 9.84 Å². The maximum absolute atomic E-state index is 12.0. The lowest BCUT2D eigenvalue weighted by molar-refractivity contribution is 0.102. The molecular formula is C14H12BrNO3S. The van der Waals surface area contributed by atoms with Crippen molar-refractivity contribution in [2.24, 2.45) is 0 Å². The molecule has 0 aliphatic carbocycles. The van der Waals surface area contributed by atoms with Crippen LogP contribution in [0.25, 0.3) is 0 Å². The van der Waals surface area contributed by atoms with E-state index in [1.54, 1.807) is 12.1 Å². The molecule has 0 heterocycles. The minimum absolute atomic E-state index is 0.191. The minimum atomic E-state index is -3.25. The Bertz CT molecular complexity index is 739. The number of hydrogen-bond acceptors (Lipinski definition) is 3. The number of amides is 1. The summed E-state index contributed by atoms with van der Waals surface area (Å²) in [5, 5.41) is 2.74. The topological polar surface area (TPSA) is 63.2 Å². The van der Waals surface area contributed by atoms with E-state index in [1.807, 2.05) is 12.1 Å². The Morgan fingerprint density at radius 3 is 2.30 bits per heavy atom. The standard InChI is InChI=1S/C14H12BrNO3S/c1-20(18,19)13-7-5-10(6-8-13)14(17)16-12-4-2-3-11(15)9-12/h2-9H,1H3,(H,16,17). The van der Waals surface area contributed by atoms with Crippen LogP contribution in [0.4, 0.5) is 5.69 Å². The Balaban J connectivity index is 2.18. The van der Waals surface area contributed by atoms with Crippen LogP contribution in [0.15, 0.2) is 57.9 Å². The average molecular weight is 354 g/mol. The number of benzene rings is 2. The zero-order chi connectivity index (χ0) is 14.8. The molecule has 0 unspecified atom stereocenters. The molecule has 0 spiro atoms. The van der Waals surface area contributed by atoms with Crippen LogP contribution in [0.5, 0.6) is 0 Å². The fourth-order valence-electron chi connectivity index (χ4n) is 1.62. The molecule has 0 aliphatic rings. The second kappa shape index (κ2) is 5.76. The van der Waals surface area contributed by atoms with Gasteiger partial charge in [0, 0.05) is 22.0 Å². The van der Waals surface area contributed by atoms with Gasteiger partial charge < -0.3 is 5.32 Å². The first-order valence-electron chi connectivity index (χ1n) is 5.73. The summed E-state index contributed by atoms with van der Waals surface area (Å²) in [5.41, 5.74) is 1.06. The van der Waals surface area contributed by atoms with Crippen molar-refractivity contribution < 1.29 is 13.2 Å². The summed E-state index contributed by atoms with van der Waals surface area (Å²) in [4.78, 5) is 12.2. The highest BCUT2D eigenvalue weighted by Crippen LogP contribution is 2.17. The highest BCUT2D eigenvalue weighted by Gasteiger charge is 2.10. The third-order valence-corrected chi connectivity index (χ3v) is 4.25. The summed E-state index contributed by atoms with van der Waals surface area (Å²) < 4.78 is 23.5. The molecule has 0 atom stereocenters. The van der Waals surface area contributed by atoms with Crippen molar-refractivity contribution >= 4 is 37.4 Å². The second-order valence-corrected chi connectivity index (χ2v) is 7.19. The van der Waals surface area contributed by atoms with Crippen molar-refractivity contribution in [2.75, 3.05) is 11.6 Å². The molecule has 2 rings (SSSR count). The number of rotatable bonds is 3. The van der Waals surface area contributed by atoms with E-state index in [0.717, 1.165) is 10.7 Å². The van der Waals surface area contributed by atoms with Crippen LogP contribution in [0.1, 0.15) is 10.4 Å². The summed E-state index contributed by atoms with van der Waals surface area (Å²) in [6.45, 7) is 0. The highest BCUT2D eigenvalue weighted by molar-refractivity contribution is 9.10. The number of sulfone groups is 1. The molecule has 1 N–H and O–H groups in total. The number of carbonyl (C=O) groups excluding carboxylic acids is 1. The predicted octanol–water partition coefficient (Wildman–Crippen LogP) is 3.10. The molecule has 0 aliphatic heterocycles. The highest BCUT2D eigenvalue weighted by atomic mass is 79.9. The third-order valence-electron chi connectivity index (χ3n) is 2.63. The maximum Gasteiger partial charge on any atom is 0.255 e. The van der Waals surface area contributed by atoms with Gasteiger partial charge in [0.05, 0.1) is 4.90 Å². The van der Waals surface area contributed by atoms with E-state index in [9.17, 15) is 13.2 Å². The van der Waals surface area contributed by atoms with Crippen LogP contribution in [-0.4, -0.2) is 20.6 Å². The molecule has 20 heavy (non-hydrogen) atoms. The molecule has 4 nitrogen and oxygen atoms in total. The molecule has 0 bridgehead atoms. The van der Waals surface area contributed by atoms with Crippen LogP contribution in [0, 0.1) is 0 Å². The third kappa shape index (κ3) is 3.68. The number of anilines is 1. The van der Waals surface area contributed by atoms with Gasteiger partial charge in [-0.1, -0.05) is 22.0 Å². The van der Waals surface area contributed by atoms with Gasteiger partial charge in [-0.15, -0.1) is 0 Å². The quantitative estimate of drug-likeness (QED) is 0.921. The summed E-state index contributed by atoms with van der Waals surface area (Å²) in [6.07, 6.45) is 1.13. The first-order valence-corrected chi connectivity index (χ1v) is 8.42. The van der Waals surface area contributed by atoms with Gasteiger partial charge in [-0.05, 0) is 42.5 Å². The average Bonchev–Trinajstić information content (AvgIpc) is 2.38. The lowest BCUT2D eigenvalue weighted by atomic mass is 10.2. The smallest absolute Gasteiger partial charge is 0.255 e. The molecule has 6 heteroatoms. The Labute approximate surface area is 125 Å². The second-order valence-electron chi connectivity index (χ2n) is 4.26. The van der Waals surface area contributed by atoms with Crippen molar-refractivity contribution in [1.29, 1.82) is 0 Å². The zero-order valence-electron chi connectivity index (χ0n) is 10.6. The SMILES string of the molecule is CS(=O)(=O)c1ccc(C(=O)Nc2cccc(Br)c2)cc1. The van der Waals surface area contributed by atoms with E-state index < -0.39 is 9.84 Å². The Kier molecular flexibility index (Phi) is 4.25. The molecule has 1 amide bonds. The van der Waals surface area contributed by atoms with Crippen LogP contribution >= 0.6 is 15.9 Å². The molecule has 0 radical (unpaired) electrons. The summed E-state index contributed by atoms with van der Waals surface area (Å²) in [7, 11) is -3.25. The van der Waals surface area contributed by atoms with Gasteiger partial charge in [0.25, 0.3) is 5.91 Å². The Morgan fingerprint density at radius 1 is 1.10 bits per heavy atom. The number of nitrogens with one attached hydrogen (secondary N) is 1. The number of hydrogen-bond donors (Lipinski definition) is 1. The first-order chi connectivity index (χ1) is 9.36. The van der Waals surface area contributed by atoms with Crippen molar-refractivity contribution in [3.05, 3.63) is 58.6 Å². The van der Waals surface area contributed by atoms with Gasteiger partial charge in [-0.3, -0.25) is 4.79 Å². The number of carbonyl (C=O) groups is 1. The molecule has 2 aromatic carbocycles. The monoisotopic (exact) mass is 353 g/mol. The van der Waals surface area contributed by atoms with E-state index in [2.05, 4.69) is 21.2 Å². The van der Waals surface area contributed by atoms with Crippen molar-refractivity contribution in [3.8, 4) is 0 Å². The zero-order valence-corrected chi connectivity index (χ0v) is 13.0. The molecule has 0 fully saturated rings. The van der Waals surface area contributed by atoms with Crippen molar-refractivity contribution in [1.82, 2.24) is 0 Å². The molecular weight excluding hydrogens is 342 g/mol. The van der Waals surface area contributed by atoms with Crippen LogP contribution in [0.2, 0.25) is 0 Å². The summed E-state index contributed by atoms with van der Waals surface area (Å²) in [5.74, 6) is -0.289. The van der Waals surface area contributed by atoms with E-state index in [4.69, 9.17) is 0 Å². The fourth-order valence-corrected chi connectivity index (χ4v) is 2.65. The van der Waals surface area contributed by atoms with Gasteiger partial charge in [0.1, 0.15) is 0 Å². The Morgan fingerprint density at radius 2 is 1.75 bits per heavy atom. The normalized spacial score (nSPS) is 11.1. The van der Waals surface area contributed by atoms with Crippen LogP contribution in [0.3, 0.4) is 0 Å². The molecule has 104 valence electrons. The maximum atomic E-state index is 12.0. The van der Waals surface area contributed by atoms with E-state index in [0.29, 0.717) is 11.3 Å². The summed E-state index contributed by atoms with van der Waals surface area (Å²) in [6, 6.07) is 13.0. The lowest BCUT2D eigenvalue weighted by Gasteiger charge is -2.06.